The van der Waals surface area contributed by atoms with Crippen molar-refractivity contribution in [1.29, 1.82) is 0 Å². The molecule has 0 saturated heterocycles. The highest BCUT2D eigenvalue weighted by molar-refractivity contribution is 9.11. The molecule has 0 radical (unpaired) electrons. The van der Waals surface area contributed by atoms with E-state index in [4.69, 9.17) is 0 Å². The fraction of sp³-hybridized carbons (Fsp3) is 0.625. The zero-order valence-electron chi connectivity index (χ0n) is 6.88. The number of hydrogen-bond acceptors (Lipinski definition) is 3. The molecule has 1 atom stereocenters. The minimum absolute atomic E-state index is 0.586. The van der Waals surface area contributed by atoms with Crippen molar-refractivity contribution in [1.82, 2.24) is 4.98 Å². The molecule has 1 aliphatic carbocycles. The van der Waals surface area contributed by atoms with Gasteiger partial charge in [0.1, 0.15) is 0 Å². The van der Waals surface area contributed by atoms with Gasteiger partial charge in [-0.1, -0.05) is 11.3 Å². The monoisotopic (exact) mass is 246 g/mol. The molecule has 66 valence electrons. The SMILES string of the molecule is CC(Nc1ncc(Br)s1)C1CC1. The highest BCUT2D eigenvalue weighted by Crippen LogP contribution is 2.34. The van der Waals surface area contributed by atoms with Gasteiger partial charge in [-0.3, -0.25) is 0 Å². The van der Waals surface area contributed by atoms with E-state index in [1.807, 2.05) is 6.20 Å². The van der Waals surface area contributed by atoms with E-state index in [0.29, 0.717) is 6.04 Å². The van der Waals surface area contributed by atoms with Crippen LogP contribution in [0.5, 0.6) is 0 Å². The lowest BCUT2D eigenvalue weighted by atomic mass is 10.2. The Kier molecular flexibility index (Phi) is 2.37. The van der Waals surface area contributed by atoms with Crippen molar-refractivity contribution in [3.8, 4) is 0 Å². The first-order valence-electron chi connectivity index (χ1n) is 4.13. The summed E-state index contributed by atoms with van der Waals surface area (Å²) in [7, 11) is 0. The van der Waals surface area contributed by atoms with Gasteiger partial charge in [0.15, 0.2) is 5.13 Å². The minimum Gasteiger partial charge on any atom is -0.359 e. The number of thiazole rings is 1. The molecule has 1 saturated carbocycles. The van der Waals surface area contributed by atoms with E-state index in [0.717, 1.165) is 14.8 Å². The van der Waals surface area contributed by atoms with Crippen molar-refractivity contribution in [2.75, 3.05) is 5.32 Å². The molecule has 1 aromatic heterocycles. The van der Waals surface area contributed by atoms with E-state index in [9.17, 15) is 0 Å². The molecule has 0 amide bonds. The maximum Gasteiger partial charge on any atom is 0.183 e. The quantitative estimate of drug-likeness (QED) is 0.887. The van der Waals surface area contributed by atoms with Gasteiger partial charge in [0, 0.05) is 6.04 Å². The second-order valence-corrected chi connectivity index (χ2v) is 5.65. The van der Waals surface area contributed by atoms with E-state index in [-0.39, 0.29) is 0 Å². The van der Waals surface area contributed by atoms with Gasteiger partial charge in [-0.15, -0.1) is 0 Å². The fourth-order valence-corrected chi connectivity index (χ4v) is 2.43. The minimum atomic E-state index is 0.586. The van der Waals surface area contributed by atoms with Crippen LogP contribution in [-0.2, 0) is 0 Å². The first kappa shape index (κ1) is 8.51. The van der Waals surface area contributed by atoms with Gasteiger partial charge in [-0.25, -0.2) is 4.98 Å². The third kappa shape index (κ3) is 1.98. The van der Waals surface area contributed by atoms with Crippen LogP contribution in [0.2, 0.25) is 0 Å². The molecule has 1 aromatic rings. The van der Waals surface area contributed by atoms with Crippen molar-refractivity contribution in [2.45, 2.75) is 25.8 Å². The molecule has 2 rings (SSSR count). The Balaban J connectivity index is 1.93. The summed E-state index contributed by atoms with van der Waals surface area (Å²) >= 11 is 5.05. The van der Waals surface area contributed by atoms with Gasteiger partial charge >= 0.3 is 0 Å². The molecule has 12 heavy (non-hydrogen) atoms. The zero-order valence-corrected chi connectivity index (χ0v) is 9.28. The van der Waals surface area contributed by atoms with Gasteiger partial charge in [-0.2, -0.15) is 0 Å². The molecule has 0 bridgehead atoms. The van der Waals surface area contributed by atoms with Crippen LogP contribution in [0.1, 0.15) is 19.8 Å². The average molecular weight is 247 g/mol. The first-order chi connectivity index (χ1) is 5.75. The summed E-state index contributed by atoms with van der Waals surface area (Å²) in [5.74, 6) is 0.882. The topological polar surface area (TPSA) is 24.9 Å². The molecule has 2 nitrogen and oxygen atoms in total. The number of halogens is 1. The van der Waals surface area contributed by atoms with Gasteiger partial charge < -0.3 is 5.32 Å². The van der Waals surface area contributed by atoms with Crippen LogP contribution in [0, 0.1) is 5.92 Å². The third-order valence-electron chi connectivity index (χ3n) is 2.16. The second-order valence-electron chi connectivity index (χ2n) is 3.24. The molecular formula is C8H11BrN2S. The Bertz CT molecular complexity index is 270. The maximum absolute atomic E-state index is 4.23. The fourth-order valence-electron chi connectivity index (χ4n) is 1.23. The van der Waals surface area contributed by atoms with Crippen LogP contribution in [0.4, 0.5) is 5.13 Å². The molecule has 0 aliphatic heterocycles. The van der Waals surface area contributed by atoms with Crippen LogP contribution >= 0.6 is 27.3 Å². The number of hydrogen-bond donors (Lipinski definition) is 1. The zero-order chi connectivity index (χ0) is 8.55. The number of nitrogens with one attached hydrogen (secondary N) is 1. The van der Waals surface area contributed by atoms with Gasteiger partial charge in [-0.05, 0) is 41.6 Å². The Morgan fingerprint density at radius 3 is 3.00 bits per heavy atom. The lowest BCUT2D eigenvalue weighted by Crippen LogP contribution is -2.16. The maximum atomic E-state index is 4.23. The van der Waals surface area contributed by atoms with Crippen molar-refractivity contribution in [3.05, 3.63) is 9.98 Å². The van der Waals surface area contributed by atoms with E-state index in [1.165, 1.54) is 12.8 Å². The Hall–Kier alpha value is -0.0900. The molecule has 4 heteroatoms. The van der Waals surface area contributed by atoms with E-state index < -0.39 is 0 Å². The molecule has 1 N–H and O–H groups in total. The van der Waals surface area contributed by atoms with Crippen LogP contribution in [0.3, 0.4) is 0 Å². The standard InChI is InChI=1S/C8H11BrN2S/c1-5(6-2-3-6)11-8-10-4-7(9)12-8/h4-6H,2-3H2,1H3,(H,10,11). The summed E-state index contributed by atoms with van der Waals surface area (Å²) in [6.45, 7) is 2.23. The molecule has 1 heterocycles. The lowest BCUT2D eigenvalue weighted by Gasteiger charge is -2.10. The lowest BCUT2D eigenvalue weighted by molar-refractivity contribution is 0.693. The van der Waals surface area contributed by atoms with Gasteiger partial charge in [0.25, 0.3) is 0 Å². The van der Waals surface area contributed by atoms with Crippen LogP contribution in [0.15, 0.2) is 9.98 Å². The number of aromatic nitrogens is 1. The normalized spacial score (nSPS) is 19.2. The molecule has 0 aromatic carbocycles. The summed E-state index contributed by atoms with van der Waals surface area (Å²) in [6, 6.07) is 0.586. The summed E-state index contributed by atoms with van der Waals surface area (Å²) < 4.78 is 1.09. The largest absolute Gasteiger partial charge is 0.359 e. The van der Waals surface area contributed by atoms with Gasteiger partial charge in [0.05, 0.1) is 9.98 Å². The molecule has 1 aliphatic rings. The molecular weight excluding hydrogens is 236 g/mol. The van der Waals surface area contributed by atoms with Crippen molar-refractivity contribution < 1.29 is 0 Å². The summed E-state index contributed by atoms with van der Waals surface area (Å²) in [5, 5.41) is 4.43. The Morgan fingerprint density at radius 1 is 1.75 bits per heavy atom. The number of nitrogens with zero attached hydrogens (tertiary/aromatic N) is 1. The van der Waals surface area contributed by atoms with Crippen molar-refractivity contribution >= 4 is 32.4 Å². The summed E-state index contributed by atoms with van der Waals surface area (Å²) in [4.78, 5) is 4.23. The smallest absolute Gasteiger partial charge is 0.183 e. The van der Waals surface area contributed by atoms with E-state index >= 15 is 0 Å². The molecule has 1 unspecified atom stereocenters. The van der Waals surface area contributed by atoms with Crippen LogP contribution < -0.4 is 5.32 Å². The molecule has 0 spiro atoms. The second kappa shape index (κ2) is 3.34. The Labute approximate surface area is 84.5 Å². The summed E-state index contributed by atoms with van der Waals surface area (Å²) in [6.07, 6.45) is 4.59. The highest BCUT2D eigenvalue weighted by atomic mass is 79.9. The predicted molar refractivity (Wildman–Crippen MR) is 55.6 cm³/mol. The summed E-state index contributed by atoms with van der Waals surface area (Å²) in [5.41, 5.74) is 0. The van der Waals surface area contributed by atoms with Gasteiger partial charge in [0.2, 0.25) is 0 Å². The van der Waals surface area contributed by atoms with Crippen molar-refractivity contribution in [2.24, 2.45) is 5.92 Å². The first-order valence-corrected chi connectivity index (χ1v) is 5.74. The number of anilines is 1. The van der Waals surface area contributed by atoms with E-state index in [2.05, 4.69) is 33.2 Å². The Morgan fingerprint density at radius 2 is 2.50 bits per heavy atom. The van der Waals surface area contributed by atoms with Crippen LogP contribution in [0.25, 0.3) is 0 Å². The van der Waals surface area contributed by atoms with Crippen LogP contribution in [-0.4, -0.2) is 11.0 Å². The van der Waals surface area contributed by atoms with E-state index in [1.54, 1.807) is 11.3 Å². The average Bonchev–Trinajstić information content (AvgIpc) is 2.78. The molecule has 1 fully saturated rings. The number of rotatable bonds is 3. The highest BCUT2D eigenvalue weighted by Gasteiger charge is 2.28. The third-order valence-corrected chi connectivity index (χ3v) is 3.57. The van der Waals surface area contributed by atoms with Crippen molar-refractivity contribution in [3.63, 3.8) is 0 Å². The predicted octanol–water partition coefficient (Wildman–Crippen LogP) is 3.12.